The van der Waals surface area contributed by atoms with Gasteiger partial charge >= 0.3 is 0 Å². The van der Waals surface area contributed by atoms with Gasteiger partial charge in [-0.3, -0.25) is 9.59 Å². The number of nitrogens with one attached hydrogen (secondary N) is 1. The second kappa shape index (κ2) is 9.43. The maximum atomic E-state index is 12.1. The molecule has 0 heterocycles. The van der Waals surface area contributed by atoms with Crippen LogP contribution >= 0.6 is 27.7 Å². The molecule has 0 saturated heterocycles. The van der Waals surface area contributed by atoms with Crippen molar-refractivity contribution >= 4 is 45.2 Å². The lowest BCUT2D eigenvalue weighted by atomic mass is 10.2. The molecule has 28 heavy (non-hydrogen) atoms. The Bertz CT molecular complexity index is 976. The number of carbonyl (C=O) groups excluding carboxylic acids is 2. The van der Waals surface area contributed by atoms with Gasteiger partial charge in [-0.25, -0.2) is 0 Å². The van der Waals surface area contributed by atoms with Crippen molar-refractivity contribution in [1.29, 1.82) is 0 Å². The molecule has 0 aromatic heterocycles. The summed E-state index contributed by atoms with van der Waals surface area (Å²) in [6.45, 7) is -0.223. The zero-order chi connectivity index (χ0) is 19.9. The van der Waals surface area contributed by atoms with Gasteiger partial charge in [0.05, 0.1) is 5.56 Å². The first kappa shape index (κ1) is 20.0. The van der Waals surface area contributed by atoms with Crippen molar-refractivity contribution in [2.75, 3.05) is 11.9 Å². The number of benzene rings is 3. The molecule has 3 aromatic carbocycles. The lowest BCUT2D eigenvalue weighted by Gasteiger charge is -2.10. The molecule has 3 N–H and O–H groups in total. The predicted octanol–water partition coefficient (Wildman–Crippen LogP) is 4.72. The van der Waals surface area contributed by atoms with E-state index in [9.17, 15) is 9.59 Å². The molecule has 0 spiro atoms. The Hall–Kier alpha value is -2.77. The molecular weight excluding hydrogens is 440 g/mol. The third-order valence-electron chi connectivity index (χ3n) is 3.70. The SMILES string of the molecule is NC(=O)c1ccccc1OCC(=O)Nc1ccc(Sc2ccc(Br)cc2)cc1. The number of para-hydroxylation sites is 1. The van der Waals surface area contributed by atoms with E-state index in [0.717, 1.165) is 14.3 Å². The molecule has 0 radical (unpaired) electrons. The molecule has 142 valence electrons. The summed E-state index contributed by atoms with van der Waals surface area (Å²) >= 11 is 5.05. The summed E-state index contributed by atoms with van der Waals surface area (Å²) in [5.41, 5.74) is 6.20. The number of nitrogens with two attached hydrogens (primary N) is 1. The normalized spacial score (nSPS) is 10.3. The minimum absolute atomic E-state index is 0.223. The van der Waals surface area contributed by atoms with E-state index < -0.39 is 5.91 Å². The highest BCUT2D eigenvalue weighted by Crippen LogP contribution is 2.29. The summed E-state index contributed by atoms with van der Waals surface area (Å²) in [5, 5.41) is 2.76. The minimum Gasteiger partial charge on any atom is -0.483 e. The first-order valence-electron chi connectivity index (χ1n) is 8.36. The number of hydrogen-bond acceptors (Lipinski definition) is 4. The fourth-order valence-electron chi connectivity index (χ4n) is 2.38. The van der Waals surface area contributed by atoms with Crippen LogP contribution < -0.4 is 15.8 Å². The van der Waals surface area contributed by atoms with E-state index in [2.05, 4.69) is 21.2 Å². The highest BCUT2D eigenvalue weighted by molar-refractivity contribution is 9.10. The Morgan fingerprint density at radius 1 is 0.929 bits per heavy atom. The van der Waals surface area contributed by atoms with Crippen LogP contribution in [0.5, 0.6) is 5.75 Å². The van der Waals surface area contributed by atoms with E-state index in [0.29, 0.717) is 5.69 Å². The summed E-state index contributed by atoms with van der Waals surface area (Å²) in [6, 6.07) is 22.1. The van der Waals surface area contributed by atoms with Gasteiger partial charge in [0.15, 0.2) is 6.61 Å². The molecule has 5 nitrogen and oxygen atoms in total. The zero-order valence-corrected chi connectivity index (χ0v) is 17.1. The zero-order valence-electron chi connectivity index (χ0n) is 14.7. The molecule has 0 fully saturated rings. The van der Waals surface area contributed by atoms with E-state index in [1.807, 2.05) is 48.5 Å². The maximum absolute atomic E-state index is 12.1. The van der Waals surface area contributed by atoms with Crippen molar-refractivity contribution in [1.82, 2.24) is 0 Å². The highest BCUT2D eigenvalue weighted by atomic mass is 79.9. The van der Waals surface area contributed by atoms with Crippen molar-refractivity contribution in [2.24, 2.45) is 5.73 Å². The predicted molar refractivity (Wildman–Crippen MR) is 114 cm³/mol. The standard InChI is InChI=1S/C21H17BrN2O3S/c22-14-5-9-16(10-6-14)28-17-11-7-15(8-12-17)24-20(25)13-27-19-4-2-1-3-18(19)21(23)26/h1-12H,13H2,(H2,23,26)(H,24,25). The molecule has 0 aliphatic rings. The molecule has 7 heteroatoms. The smallest absolute Gasteiger partial charge is 0.262 e. The number of rotatable bonds is 7. The molecule has 0 unspecified atom stereocenters. The molecule has 3 aromatic rings. The molecule has 3 rings (SSSR count). The van der Waals surface area contributed by atoms with E-state index in [1.54, 1.807) is 36.0 Å². The van der Waals surface area contributed by atoms with E-state index in [1.165, 1.54) is 0 Å². The monoisotopic (exact) mass is 456 g/mol. The van der Waals surface area contributed by atoms with Crippen molar-refractivity contribution in [3.05, 3.63) is 82.8 Å². The van der Waals surface area contributed by atoms with Crippen LogP contribution in [0.2, 0.25) is 0 Å². The molecule has 2 amide bonds. The van der Waals surface area contributed by atoms with Crippen LogP contribution in [0.15, 0.2) is 87.1 Å². The highest BCUT2D eigenvalue weighted by Gasteiger charge is 2.10. The Morgan fingerprint density at radius 3 is 2.18 bits per heavy atom. The van der Waals surface area contributed by atoms with Gasteiger partial charge in [-0.1, -0.05) is 39.8 Å². The molecule has 0 atom stereocenters. The number of anilines is 1. The van der Waals surface area contributed by atoms with Crippen LogP contribution in [-0.2, 0) is 4.79 Å². The summed E-state index contributed by atoms with van der Waals surface area (Å²) in [4.78, 5) is 25.7. The minimum atomic E-state index is -0.602. The first-order chi connectivity index (χ1) is 13.5. The summed E-state index contributed by atoms with van der Waals surface area (Å²) in [5.74, 6) is -0.645. The Morgan fingerprint density at radius 2 is 1.54 bits per heavy atom. The second-order valence-electron chi connectivity index (χ2n) is 5.78. The topological polar surface area (TPSA) is 81.4 Å². The lowest BCUT2D eigenvalue weighted by Crippen LogP contribution is -2.21. The lowest BCUT2D eigenvalue weighted by molar-refractivity contribution is -0.118. The van der Waals surface area contributed by atoms with Gasteiger partial charge in [0, 0.05) is 20.0 Å². The largest absolute Gasteiger partial charge is 0.483 e. The van der Waals surface area contributed by atoms with Crippen LogP contribution in [0.25, 0.3) is 0 Å². The Labute approximate surface area is 175 Å². The molecule has 0 aliphatic carbocycles. The van der Waals surface area contributed by atoms with Crippen LogP contribution in [0.4, 0.5) is 5.69 Å². The summed E-state index contributed by atoms with van der Waals surface area (Å²) in [7, 11) is 0. The maximum Gasteiger partial charge on any atom is 0.262 e. The van der Waals surface area contributed by atoms with Crippen molar-refractivity contribution in [3.8, 4) is 5.75 Å². The van der Waals surface area contributed by atoms with Gasteiger partial charge in [-0.15, -0.1) is 0 Å². The Balaban J connectivity index is 1.54. The van der Waals surface area contributed by atoms with Gasteiger partial charge in [0.2, 0.25) is 0 Å². The van der Waals surface area contributed by atoms with Crippen LogP contribution in [-0.4, -0.2) is 18.4 Å². The number of hydrogen-bond donors (Lipinski definition) is 2. The first-order valence-corrected chi connectivity index (χ1v) is 9.97. The van der Waals surface area contributed by atoms with E-state index >= 15 is 0 Å². The van der Waals surface area contributed by atoms with Crippen molar-refractivity contribution < 1.29 is 14.3 Å². The average molecular weight is 457 g/mol. The van der Waals surface area contributed by atoms with Crippen molar-refractivity contribution in [3.63, 3.8) is 0 Å². The third kappa shape index (κ3) is 5.61. The molecular formula is C21H17BrN2O3S. The van der Waals surface area contributed by atoms with Gasteiger partial charge < -0.3 is 15.8 Å². The van der Waals surface area contributed by atoms with Gasteiger partial charge in [-0.2, -0.15) is 0 Å². The average Bonchev–Trinajstić information content (AvgIpc) is 2.70. The second-order valence-corrected chi connectivity index (χ2v) is 7.84. The van der Waals surface area contributed by atoms with Crippen LogP contribution in [0.3, 0.4) is 0 Å². The summed E-state index contributed by atoms with van der Waals surface area (Å²) in [6.07, 6.45) is 0. The number of primary amides is 1. The quantitative estimate of drug-likeness (QED) is 0.538. The van der Waals surface area contributed by atoms with Crippen LogP contribution in [0.1, 0.15) is 10.4 Å². The van der Waals surface area contributed by atoms with E-state index in [-0.39, 0.29) is 23.8 Å². The van der Waals surface area contributed by atoms with Gasteiger partial charge in [-0.05, 0) is 60.7 Å². The van der Waals surface area contributed by atoms with E-state index in [4.69, 9.17) is 10.5 Å². The van der Waals surface area contributed by atoms with Crippen molar-refractivity contribution in [2.45, 2.75) is 9.79 Å². The molecule has 0 bridgehead atoms. The number of amides is 2. The fourth-order valence-corrected chi connectivity index (χ4v) is 3.46. The fraction of sp³-hybridized carbons (Fsp3) is 0.0476. The number of ether oxygens (including phenoxy) is 1. The Kier molecular flexibility index (Phi) is 6.73. The summed E-state index contributed by atoms with van der Waals surface area (Å²) < 4.78 is 6.46. The van der Waals surface area contributed by atoms with Gasteiger partial charge in [0.1, 0.15) is 5.75 Å². The molecule has 0 aliphatic heterocycles. The number of halogens is 1. The number of carbonyl (C=O) groups is 2. The molecule has 0 saturated carbocycles. The van der Waals surface area contributed by atoms with Crippen LogP contribution in [0, 0.1) is 0 Å². The van der Waals surface area contributed by atoms with Gasteiger partial charge in [0.25, 0.3) is 11.8 Å². The third-order valence-corrected chi connectivity index (χ3v) is 5.24.